The summed E-state index contributed by atoms with van der Waals surface area (Å²) in [5.41, 5.74) is 1.37. The molecule has 1 aliphatic heterocycles. The van der Waals surface area contributed by atoms with Crippen molar-refractivity contribution < 1.29 is 21.5 Å². The lowest BCUT2D eigenvalue weighted by molar-refractivity contribution is -0.926. The van der Waals surface area contributed by atoms with Crippen LogP contribution in [0.5, 0.6) is 0 Å². The van der Waals surface area contributed by atoms with Crippen LogP contribution in [0.4, 0.5) is 0 Å². The highest BCUT2D eigenvalue weighted by molar-refractivity contribution is 5.06. The summed E-state index contributed by atoms with van der Waals surface area (Å²) in [7, 11) is 2.37. The molecule has 3 heteroatoms. The molecule has 2 rings (SSSR count). The van der Waals surface area contributed by atoms with E-state index in [9.17, 15) is 0 Å². The molecule has 1 aliphatic rings. The van der Waals surface area contributed by atoms with E-state index in [0.29, 0.717) is 0 Å². The van der Waals surface area contributed by atoms with Crippen molar-refractivity contribution >= 4 is 0 Å². The minimum atomic E-state index is 0. The SMILES string of the molecule is C[N+]1(Cc2cccnc2)CCCCC1.[Br-]. The predicted molar refractivity (Wildman–Crippen MR) is 57.7 cm³/mol. The second kappa shape index (κ2) is 5.61. The fourth-order valence-electron chi connectivity index (χ4n) is 2.37. The van der Waals surface area contributed by atoms with E-state index in [-0.39, 0.29) is 17.0 Å². The van der Waals surface area contributed by atoms with E-state index in [2.05, 4.69) is 18.1 Å². The van der Waals surface area contributed by atoms with Gasteiger partial charge in [-0.25, -0.2) is 0 Å². The lowest BCUT2D eigenvalue weighted by Gasteiger charge is -2.37. The molecule has 0 spiro atoms. The third-order valence-electron chi connectivity index (χ3n) is 3.18. The second-order valence-corrected chi connectivity index (χ2v) is 4.65. The molecule has 15 heavy (non-hydrogen) atoms. The number of aromatic nitrogens is 1. The van der Waals surface area contributed by atoms with Crippen LogP contribution in [0.2, 0.25) is 0 Å². The third kappa shape index (κ3) is 3.58. The Balaban J connectivity index is 0.00000112. The Morgan fingerprint density at radius 2 is 2.00 bits per heavy atom. The maximum atomic E-state index is 4.17. The number of halogens is 1. The minimum absolute atomic E-state index is 0. The van der Waals surface area contributed by atoms with Gasteiger partial charge in [-0.1, -0.05) is 6.07 Å². The minimum Gasteiger partial charge on any atom is -1.00 e. The quantitative estimate of drug-likeness (QED) is 0.643. The molecule has 0 bridgehead atoms. The molecule has 84 valence electrons. The van der Waals surface area contributed by atoms with E-state index in [1.807, 2.05) is 18.5 Å². The first-order valence-corrected chi connectivity index (χ1v) is 5.51. The molecule has 1 aromatic heterocycles. The van der Waals surface area contributed by atoms with Crippen LogP contribution < -0.4 is 17.0 Å². The van der Waals surface area contributed by atoms with E-state index in [4.69, 9.17) is 0 Å². The van der Waals surface area contributed by atoms with Gasteiger partial charge < -0.3 is 21.5 Å². The van der Waals surface area contributed by atoms with Gasteiger partial charge in [0.2, 0.25) is 0 Å². The molecule has 1 fully saturated rings. The number of rotatable bonds is 2. The average molecular weight is 271 g/mol. The summed E-state index contributed by atoms with van der Waals surface area (Å²) in [5.74, 6) is 0. The first-order chi connectivity index (χ1) is 6.79. The van der Waals surface area contributed by atoms with Crippen LogP contribution in [-0.2, 0) is 6.54 Å². The summed E-state index contributed by atoms with van der Waals surface area (Å²) in [6, 6.07) is 4.22. The Labute approximate surface area is 103 Å². The zero-order valence-corrected chi connectivity index (χ0v) is 10.9. The molecule has 0 aliphatic carbocycles. The standard InChI is InChI=1S/C12H19N2.BrH/c1-14(8-3-2-4-9-14)11-12-6-5-7-13-10-12;/h5-7,10H,2-4,8-9,11H2,1H3;1H/q+1;/p-1. The molecule has 0 aromatic carbocycles. The van der Waals surface area contributed by atoms with E-state index in [1.54, 1.807) is 0 Å². The summed E-state index contributed by atoms with van der Waals surface area (Å²) < 4.78 is 1.20. The van der Waals surface area contributed by atoms with E-state index in [0.717, 1.165) is 6.54 Å². The highest BCUT2D eigenvalue weighted by atomic mass is 79.9. The molecule has 0 amide bonds. The zero-order valence-electron chi connectivity index (χ0n) is 9.32. The highest BCUT2D eigenvalue weighted by Crippen LogP contribution is 2.19. The molecule has 0 N–H and O–H groups in total. The van der Waals surface area contributed by atoms with Crippen LogP contribution in [0.1, 0.15) is 24.8 Å². The summed E-state index contributed by atoms with van der Waals surface area (Å²) >= 11 is 0. The van der Waals surface area contributed by atoms with Crippen molar-refractivity contribution in [3.8, 4) is 0 Å². The van der Waals surface area contributed by atoms with Crippen molar-refractivity contribution in [3.63, 3.8) is 0 Å². The van der Waals surface area contributed by atoms with Crippen molar-refractivity contribution in [1.82, 2.24) is 4.98 Å². The van der Waals surface area contributed by atoms with Gasteiger partial charge in [-0.05, 0) is 25.3 Å². The maximum absolute atomic E-state index is 4.17. The lowest BCUT2D eigenvalue weighted by atomic mass is 10.1. The predicted octanol–water partition coefficient (Wildman–Crippen LogP) is -0.784. The fraction of sp³-hybridized carbons (Fsp3) is 0.583. The van der Waals surface area contributed by atoms with E-state index >= 15 is 0 Å². The summed E-state index contributed by atoms with van der Waals surface area (Å²) in [6.45, 7) is 3.80. The largest absolute Gasteiger partial charge is 1.00 e. The van der Waals surface area contributed by atoms with Crippen molar-refractivity contribution in [2.45, 2.75) is 25.8 Å². The molecule has 0 atom stereocenters. The Morgan fingerprint density at radius 3 is 2.60 bits per heavy atom. The lowest BCUT2D eigenvalue weighted by Crippen LogP contribution is -3.00. The molecule has 1 saturated heterocycles. The summed E-state index contributed by atoms with van der Waals surface area (Å²) in [5, 5.41) is 0. The van der Waals surface area contributed by atoms with Crippen LogP contribution in [0.25, 0.3) is 0 Å². The molecular weight excluding hydrogens is 252 g/mol. The smallest absolute Gasteiger partial charge is 0.106 e. The number of quaternary nitrogens is 1. The van der Waals surface area contributed by atoms with Gasteiger partial charge in [0.25, 0.3) is 0 Å². The number of pyridine rings is 1. The van der Waals surface area contributed by atoms with Crippen LogP contribution in [0, 0.1) is 0 Å². The Morgan fingerprint density at radius 1 is 1.27 bits per heavy atom. The van der Waals surface area contributed by atoms with Crippen molar-refractivity contribution in [3.05, 3.63) is 30.1 Å². The Kier molecular flexibility index (Phi) is 4.74. The van der Waals surface area contributed by atoms with Gasteiger partial charge in [-0.15, -0.1) is 0 Å². The molecule has 0 saturated carbocycles. The fourth-order valence-corrected chi connectivity index (χ4v) is 2.37. The molecule has 1 aromatic rings. The molecule has 0 radical (unpaired) electrons. The molecule has 0 unspecified atom stereocenters. The highest BCUT2D eigenvalue weighted by Gasteiger charge is 2.24. The topological polar surface area (TPSA) is 12.9 Å². The molecule has 2 heterocycles. The van der Waals surface area contributed by atoms with E-state index < -0.39 is 0 Å². The third-order valence-corrected chi connectivity index (χ3v) is 3.18. The van der Waals surface area contributed by atoms with Crippen molar-refractivity contribution in [1.29, 1.82) is 0 Å². The molecular formula is C12H19BrN2. The van der Waals surface area contributed by atoms with Crippen LogP contribution in [0.3, 0.4) is 0 Å². The number of hydrogen-bond acceptors (Lipinski definition) is 1. The normalized spacial score (nSPS) is 19.3. The van der Waals surface area contributed by atoms with Gasteiger partial charge in [0.15, 0.2) is 0 Å². The van der Waals surface area contributed by atoms with Gasteiger partial charge in [0.05, 0.1) is 20.1 Å². The Bertz CT molecular complexity index is 281. The summed E-state index contributed by atoms with van der Waals surface area (Å²) in [4.78, 5) is 4.17. The van der Waals surface area contributed by atoms with Crippen LogP contribution in [0.15, 0.2) is 24.5 Å². The summed E-state index contributed by atoms with van der Waals surface area (Å²) in [6.07, 6.45) is 8.03. The van der Waals surface area contributed by atoms with Crippen molar-refractivity contribution in [2.75, 3.05) is 20.1 Å². The zero-order chi connectivity index (χ0) is 9.86. The first-order valence-electron chi connectivity index (χ1n) is 5.51. The van der Waals surface area contributed by atoms with Crippen LogP contribution in [-0.4, -0.2) is 29.6 Å². The monoisotopic (exact) mass is 270 g/mol. The first kappa shape index (κ1) is 12.7. The second-order valence-electron chi connectivity index (χ2n) is 4.65. The van der Waals surface area contributed by atoms with Gasteiger partial charge >= 0.3 is 0 Å². The van der Waals surface area contributed by atoms with E-state index in [1.165, 1.54) is 42.4 Å². The maximum Gasteiger partial charge on any atom is 0.106 e. The number of piperidine rings is 1. The van der Waals surface area contributed by atoms with Gasteiger partial charge in [0.1, 0.15) is 6.54 Å². The number of likely N-dealkylation sites (tertiary alicyclic amines) is 1. The Hall–Kier alpha value is -0.410. The van der Waals surface area contributed by atoms with Gasteiger partial charge in [0, 0.05) is 18.0 Å². The number of nitrogens with zero attached hydrogens (tertiary/aromatic N) is 2. The average Bonchev–Trinajstić information content (AvgIpc) is 2.19. The van der Waals surface area contributed by atoms with Crippen LogP contribution >= 0.6 is 0 Å². The van der Waals surface area contributed by atoms with Crippen molar-refractivity contribution in [2.24, 2.45) is 0 Å². The van der Waals surface area contributed by atoms with Gasteiger partial charge in [-0.3, -0.25) is 4.98 Å². The molecule has 2 nitrogen and oxygen atoms in total. The number of hydrogen-bond donors (Lipinski definition) is 0. The van der Waals surface area contributed by atoms with Gasteiger partial charge in [-0.2, -0.15) is 0 Å².